The minimum Gasteiger partial charge on any atom is -0.361 e. The topological polar surface area (TPSA) is 84.0 Å². The predicted octanol–water partition coefficient (Wildman–Crippen LogP) is 3.64. The molecule has 1 fully saturated rings. The van der Waals surface area contributed by atoms with Gasteiger partial charge in [-0.15, -0.1) is 11.3 Å². The Balaban J connectivity index is 1.47. The quantitative estimate of drug-likeness (QED) is 0.678. The Bertz CT molecular complexity index is 862. The Morgan fingerprint density at radius 2 is 1.93 bits per heavy atom. The Morgan fingerprint density at radius 1 is 1.19 bits per heavy atom. The molecule has 0 spiro atoms. The van der Waals surface area contributed by atoms with Crippen LogP contribution < -0.4 is 10.0 Å². The molecule has 2 N–H and O–H groups in total. The molecule has 1 saturated carbocycles. The molecule has 0 bridgehead atoms. The van der Waals surface area contributed by atoms with Gasteiger partial charge in [-0.3, -0.25) is 0 Å². The van der Waals surface area contributed by atoms with E-state index in [1.165, 1.54) is 17.4 Å². The minimum atomic E-state index is -3.20. The third-order valence-corrected chi connectivity index (χ3v) is 7.53. The molecule has 2 aromatic rings. The van der Waals surface area contributed by atoms with E-state index in [0.717, 1.165) is 37.4 Å². The smallest absolute Gasteiger partial charge is 0.214 e. The van der Waals surface area contributed by atoms with Crippen LogP contribution >= 0.6 is 11.3 Å². The molecule has 148 valence electrons. The summed E-state index contributed by atoms with van der Waals surface area (Å²) >= 11 is 1.47. The Hall–Kier alpha value is -1.58. The van der Waals surface area contributed by atoms with Crippen molar-refractivity contribution >= 4 is 26.5 Å². The predicted molar refractivity (Wildman–Crippen MR) is 107 cm³/mol. The van der Waals surface area contributed by atoms with E-state index in [2.05, 4.69) is 20.0 Å². The van der Waals surface area contributed by atoms with Crippen LogP contribution in [0.15, 0.2) is 23.6 Å². The molecule has 0 aliphatic heterocycles. The average Bonchev–Trinajstić information content (AvgIpc) is 3.10. The number of nitrogens with one attached hydrogen (secondary N) is 2. The first-order valence-electron chi connectivity index (χ1n) is 9.17. The molecule has 1 aliphatic rings. The summed E-state index contributed by atoms with van der Waals surface area (Å²) in [4.78, 5) is 8.33. The fraction of sp³-hybridized carbons (Fsp3) is 0.556. The van der Waals surface area contributed by atoms with Crippen molar-refractivity contribution in [3.8, 4) is 11.4 Å². The zero-order valence-electron chi connectivity index (χ0n) is 15.5. The summed E-state index contributed by atoms with van der Waals surface area (Å²) < 4.78 is 40.0. The van der Waals surface area contributed by atoms with Gasteiger partial charge in [0.05, 0.1) is 10.9 Å². The molecule has 2 heterocycles. The first-order valence-corrected chi connectivity index (χ1v) is 11.6. The van der Waals surface area contributed by atoms with Crippen molar-refractivity contribution in [3.05, 3.63) is 29.5 Å². The SMILES string of the molecule is CC(C)S(=O)(=O)N[C@H]1CC[C@H](CNc2nc(-c3cccc(F)n3)cs2)CC1. The number of rotatable bonds is 7. The number of pyridine rings is 1. The molecule has 0 amide bonds. The normalized spacial score (nSPS) is 20.7. The lowest BCUT2D eigenvalue weighted by atomic mass is 9.86. The number of aromatic nitrogens is 2. The van der Waals surface area contributed by atoms with Gasteiger partial charge in [-0.25, -0.2) is 23.1 Å². The maximum atomic E-state index is 13.2. The van der Waals surface area contributed by atoms with Crippen LogP contribution in [0.4, 0.5) is 9.52 Å². The lowest BCUT2D eigenvalue weighted by Crippen LogP contribution is -2.41. The Labute approximate surface area is 163 Å². The van der Waals surface area contributed by atoms with Crippen molar-refractivity contribution in [2.75, 3.05) is 11.9 Å². The molecule has 1 aliphatic carbocycles. The highest BCUT2D eigenvalue weighted by Gasteiger charge is 2.26. The third-order valence-electron chi connectivity index (χ3n) is 4.82. The fourth-order valence-corrected chi connectivity index (χ4v) is 4.79. The summed E-state index contributed by atoms with van der Waals surface area (Å²) in [6, 6.07) is 4.71. The van der Waals surface area contributed by atoms with Crippen LogP contribution in [0.2, 0.25) is 0 Å². The average molecular weight is 413 g/mol. The molecule has 6 nitrogen and oxygen atoms in total. The fourth-order valence-electron chi connectivity index (χ4n) is 3.11. The van der Waals surface area contributed by atoms with Gasteiger partial charge in [-0.05, 0) is 57.6 Å². The lowest BCUT2D eigenvalue weighted by Gasteiger charge is -2.29. The highest BCUT2D eigenvalue weighted by molar-refractivity contribution is 7.90. The molecule has 0 aromatic carbocycles. The number of nitrogens with zero attached hydrogens (tertiary/aromatic N) is 2. The minimum absolute atomic E-state index is 0.0409. The van der Waals surface area contributed by atoms with E-state index >= 15 is 0 Å². The van der Waals surface area contributed by atoms with E-state index in [-0.39, 0.29) is 6.04 Å². The van der Waals surface area contributed by atoms with E-state index in [9.17, 15) is 12.8 Å². The summed E-state index contributed by atoms with van der Waals surface area (Å²) in [6.07, 6.45) is 3.66. The van der Waals surface area contributed by atoms with Gasteiger partial charge in [0.15, 0.2) is 5.13 Å². The molecular formula is C18H25FN4O2S2. The van der Waals surface area contributed by atoms with Gasteiger partial charge < -0.3 is 5.32 Å². The standard InChI is InChI=1S/C18H25FN4O2S2/c1-12(2)27(24,25)23-14-8-6-13(7-9-14)10-20-18-22-16(11-26-18)15-4-3-5-17(19)21-15/h3-5,11-14,23H,6-10H2,1-2H3,(H,20,22)/t13-,14-. The summed E-state index contributed by atoms with van der Waals surface area (Å²) in [5.74, 6) is -0.0238. The van der Waals surface area contributed by atoms with Gasteiger partial charge in [0.2, 0.25) is 16.0 Å². The zero-order valence-corrected chi connectivity index (χ0v) is 17.1. The van der Waals surface area contributed by atoms with Gasteiger partial charge in [-0.2, -0.15) is 4.39 Å². The Kier molecular flexibility index (Phi) is 6.44. The van der Waals surface area contributed by atoms with Gasteiger partial charge >= 0.3 is 0 Å². The molecule has 0 unspecified atom stereocenters. The van der Waals surface area contributed by atoms with Crippen molar-refractivity contribution in [2.24, 2.45) is 5.92 Å². The number of sulfonamides is 1. The second-order valence-electron chi connectivity index (χ2n) is 7.19. The van der Waals surface area contributed by atoms with Crippen molar-refractivity contribution in [1.82, 2.24) is 14.7 Å². The second-order valence-corrected chi connectivity index (χ2v) is 10.3. The van der Waals surface area contributed by atoms with Gasteiger partial charge in [0.25, 0.3) is 0 Å². The molecule has 0 atom stereocenters. The van der Waals surface area contributed by atoms with E-state index in [0.29, 0.717) is 17.3 Å². The lowest BCUT2D eigenvalue weighted by molar-refractivity contribution is 0.323. The van der Waals surface area contributed by atoms with E-state index < -0.39 is 21.2 Å². The van der Waals surface area contributed by atoms with Gasteiger partial charge in [0, 0.05) is 18.0 Å². The first kappa shape index (κ1) is 20.2. The highest BCUT2D eigenvalue weighted by Crippen LogP contribution is 2.27. The summed E-state index contributed by atoms with van der Waals surface area (Å²) in [7, 11) is -3.20. The van der Waals surface area contributed by atoms with E-state index in [1.54, 1.807) is 26.0 Å². The molecular weight excluding hydrogens is 387 g/mol. The van der Waals surface area contributed by atoms with Crippen molar-refractivity contribution in [2.45, 2.75) is 50.8 Å². The zero-order chi connectivity index (χ0) is 19.4. The van der Waals surface area contributed by atoms with Crippen molar-refractivity contribution in [3.63, 3.8) is 0 Å². The van der Waals surface area contributed by atoms with Crippen molar-refractivity contribution < 1.29 is 12.8 Å². The molecule has 0 saturated heterocycles. The van der Waals surface area contributed by atoms with Crippen LogP contribution in [-0.4, -0.2) is 36.2 Å². The van der Waals surface area contributed by atoms with Crippen molar-refractivity contribution in [1.29, 1.82) is 0 Å². The monoisotopic (exact) mass is 412 g/mol. The first-order chi connectivity index (χ1) is 12.8. The molecule has 9 heteroatoms. The number of hydrogen-bond acceptors (Lipinski definition) is 6. The Morgan fingerprint density at radius 3 is 2.59 bits per heavy atom. The summed E-state index contributed by atoms with van der Waals surface area (Å²) in [5, 5.41) is 5.60. The van der Waals surface area contributed by atoms with Crippen LogP contribution in [0.5, 0.6) is 0 Å². The van der Waals surface area contributed by atoms with Gasteiger partial charge in [-0.1, -0.05) is 6.07 Å². The highest BCUT2D eigenvalue weighted by atomic mass is 32.2. The van der Waals surface area contributed by atoms with Gasteiger partial charge in [0.1, 0.15) is 5.69 Å². The summed E-state index contributed by atoms with van der Waals surface area (Å²) in [5.41, 5.74) is 1.19. The maximum absolute atomic E-state index is 13.2. The number of thiazole rings is 1. The molecule has 2 aromatic heterocycles. The second kappa shape index (κ2) is 8.62. The van der Waals surface area contributed by atoms with E-state index in [1.807, 2.05) is 5.38 Å². The maximum Gasteiger partial charge on any atom is 0.214 e. The van der Waals surface area contributed by atoms with Crippen LogP contribution in [-0.2, 0) is 10.0 Å². The molecule has 27 heavy (non-hydrogen) atoms. The largest absolute Gasteiger partial charge is 0.361 e. The van der Waals surface area contributed by atoms with Crippen LogP contribution in [0.25, 0.3) is 11.4 Å². The van der Waals surface area contributed by atoms with Crippen LogP contribution in [0.3, 0.4) is 0 Å². The molecule has 3 rings (SSSR count). The summed E-state index contributed by atoms with van der Waals surface area (Å²) in [6.45, 7) is 4.19. The third kappa shape index (κ3) is 5.46. The number of anilines is 1. The molecule has 0 radical (unpaired) electrons. The number of halogens is 1. The van der Waals surface area contributed by atoms with E-state index in [4.69, 9.17) is 0 Å². The van der Waals surface area contributed by atoms with Crippen LogP contribution in [0, 0.1) is 11.9 Å². The van der Waals surface area contributed by atoms with Crippen LogP contribution in [0.1, 0.15) is 39.5 Å². The number of hydrogen-bond donors (Lipinski definition) is 2.